The first-order valence-electron chi connectivity index (χ1n) is 7.92. The zero-order valence-corrected chi connectivity index (χ0v) is 13.5. The summed E-state index contributed by atoms with van der Waals surface area (Å²) in [6, 6.07) is 0.579. The zero-order valence-electron chi connectivity index (χ0n) is 13.5. The molecule has 1 heteroatoms. The number of hydrogen-bond acceptors (Lipinski definition) is 1. The summed E-state index contributed by atoms with van der Waals surface area (Å²) >= 11 is 0. The van der Waals surface area contributed by atoms with Gasteiger partial charge < -0.3 is 4.90 Å². The Balaban J connectivity index is 1.93. The molecule has 2 aliphatic rings. The average molecular weight is 261 g/mol. The molecule has 3 unspecified atom stereocenters. The lowest BCUT2D eigenvalue weighted by Gasteiger charge is -2.32. The van der Waals surface area contributed by atoms with Gasteiger partial charge in [0.15, 0.2) is 0 Å². The number of hydrogen-bond donors (Lipinski definition) is 0. The Hall–Kier alpha value is -0.720. The van der Waals surface area contributed by atoms with Crippen LogP contribution in [0.2, 0.25) is 0 Å². The molecule has 0 N–H and O–H groups in total. The maximum absolute atomic E-state index is 4.14. The molecule has 0 saturated heterocycles. The van der Waals surface area contributed by atoms with Gasteiger partial charge in [-0.15, -0.1) is 0 Å². The van der Waals surface area contributed by atoms with Crippen molar-refractivity contribution in [3.63, 3.8) is 0 Å². The molecule has 0 amide bonds. The van der Waals surface area contributed by atoms with Crippen LogP contribution in [-0.2, 0) is 0 Å². The zero-order chi connectivity index (χ0) is 14.2. The van der Waals surface area contributed by atoms with Crippen LogP contribution < -0.4 is 0 Å². The second-order valence-electron chi connectivity index (χ2n) is 7.41. The van der Waals surface area contributed by atoms with E-state index in [1.165, 1.54) is 37.9 Å². The topological polar surface area (TPSA) is 3.24 Å². The van der Waals surface area contributed by atoms with E-state index in [2.05, 4.69) is 52.2 Å². The molecule has 0 aromatic rings. The van der Waals surface area contributed by atoms with Gasteiger partial charge in [-0.05, 0) is 70.6 Å². The van der Waals surface area contributed by atoms with Gasteiger partial charge in [0.05, 0.1) is 0 Å². The molecule has 0 radical (unpaired) electrons. The third-order valence-corrected chi connectivity index (χ3v) is 5.56. The van der Waals surface area contributed by atoms with E-state index in [1.807, 2.05) is 0 Å². The van der Waals surface area contributed by atoms with Gasteiger partial charge in [0.2, 0.25) is 0 Å². The summed E-state index contributed by atoms with van der Waals surface area (Å²) < 4.78 is 0. The summed E-state index contributed by atoms with van der Waals surface area (Å²) in [7, 11) is 0. The Morgan fingerprint density at radius 3 is 2.68 bits per heavy atom. The van der Waals surface area contributed by atoms with Crippen molar-refractivity contribution >= 4 is 0 Å². The van der Waals surface area contributed by atoms with Crippen molar-refractivity contribution in [2.45, 2.75) is 66.3 Å². The summed E-state index contributed by atoms with van der Waals surface area (Å²) in [5.41, 5.74) is 3.42. The highest BCUT2D eigenvalue weighted by atomic mass is 15.2. The number of nitrogens with zero attached hydrogens (tertiary/aromatic N) is 1. The molecular weight excluding hydrogens is 230 g/mol. The predicted octanol–water partition coefficient (Wildman–Crippen LogP) is 5.00. The second-order valence-corrected chi connectivity index (χ2v) is 7.41. The smallest absolute Gasteiger partial charge is 0.0230 e. The van der Waals surface area contributed by atoms with Gasteiger partial charge in [-0.2, -0.15) is 0 Å². The third kappa shape index (κ3) is 3.07. The van der Waals surface area contributed by atoms with Crippen LogP contribution in [0.1, 0.15) is 60.3 Å². The Morgan fingerprint density at radius 2 is 2.21 bits per heavy atom. The fraction of sp³-hybridized carbons (Fsp3) is 0.778. The first-order chi connectivity index (χ1) is 8.84. The molecule has 2 rings (SSSR count). The number of allylic oxidation sites excluding steroid dienone is 3. The van der Waals surface area contributed by atoms with Crippen LogP contribution in [0, 0.1) is 17.3 Å². The molecule has 0 bridgehead atoms. The quantitative estimate of drug-likeness (QED) is 0.629. The van der Waals surface area contributed by atoms with E-state index in [0.717, 1.165) is 11.8 Å². The average Bonchev–Trinajstić information content (AvgIpc) is 2.98. The van der Waals surface area contributed by atoms with Crippen molar-refractivity contribution in [3.05, 3.63) is 23.9 Å². The van der Waals surface area contributed by atoms with E-state index in [4.69, 9.17) is 0 Å². The molecule has 0 spiro atoms. The van der Waals surface area contributed by atoms with Crippen molar-refractivity contribution in [3.8, 4) is 0 Å². The van der Waals surface area contributed by atoms with E-state index in [-0.39, 0.29) is 0 Å². The Bertz CT molecular complexity index is 379. The molecular formula is C18H31N. The summed E-state index contributed by atoms with van der Waals surface area (Å²) in [5, 5.41) is 0. The summed E-state index contributed by atoms with van der Waals surface area (Å²) in [5.74, 6) is 1.80. The maximum Gasteiger partial charge on any atom is 0.0230 e. The van der Waals surface area contributed by atoms with Crippen molar-refractivity contribution in [1.29, 1.82) is 0 Å². The summed E-state index contributed by atoms with van der Waals surface area (Å²) in [6.45, 7) is 16.9. The lowest BCUT2D eigenvalue weighted by atomic mass is 9.78. The minimum absolute atomic E-state index is 0.579. The first kappa shape index (κ1) is 14.7. The predicted molar refractivity (Wildman–Crippen MR) is 84.0 cm³/mol. The van der Waals surface area contributed by atoms with Gasteiger partial charge >= 0.3 is 0 Å². The van der Waals surface area contributed by atoms with Crippen LogP contribution >= 0.6 is 0 Å². The molecule has 0 aromatic heterocycles. The lowest BCUT2D eigenvalue weighted by Crippen LogP contribution is -2.32. The monoisotopic (exact) mass is 261 g/mol. The van der Waals surface area contributed by atoms with E-state index < -0.39 is 0 Å². The molecule has 0 heterocycles. The molecule has 1 fully saturated rings. The van der Waals surface area contributed by atoms with Crippen LogP contribution in [0.4, 0.5) is 0 Å². The first-order valence-corrected chi connectivity index (χ1v) is 7.92. The van der Waals surface area contributed by atoms with E-state index >= 15 is 0 Å². The SMILES string of the molecule is C=C(C)N(CC1CC1(C)C1CC=C(C)CC1)C(C)C. The Labute approximate surface area is 119 Å². The molecule has 1 saturated carbocycles. The highest BCUT2D eigenvalue weighted by molar-refractivity contribution is 5.12. The number of rotatable bonds is 5. The van der Waals surface area contributed by atoms with Gasteiger partial charge in [0.25, 0.3) is 0 Å². The molecule has 2 aliphatic carbocycles. The Kier molecular flexibility index (Phi) is 4.13. The largest absolute Gasteiger partial charge is 0.373 e. The standard InChI is InChI=1S/C18H31N/c1-13(2)19(14(3)4)12-17-11-18(17,6)16-9-7-15(5)8-10-16/h7,14,16-17H,1,8-12H2,2-6H3. The van der Waals surface area contributed by atoms with Crippen LogP contribution in [-0.4, -0.2) is 17.5 Å². The van der Waals surface area contributed by atoms with Crippen molar-refractivity contribution in [1.82, 2.24) is 4.90 Å². The van der Waals surface area contributed by atoms with Gasteiger partial charge in [0, 0.05) is 18.3 Å². The highest BCUT2D eigenvalue weighted by Gasteiger charge is 2.54. The summed E-state index contributed by atoms with van der Waals surface area (Å²) in [6.07, 6.45) is 7.94. The van der Waals surface area contributed by atoms with Crippen molar-refractivity contribution in [2.75, 3.05) is 6.54 Å². The van der Waals surface area contributed by atoms with Gasteiger partial charge in [-0.3, -0.25) is 0 Å². The molecule has 0 aromatic carbocycles. The minimum atomic E-state index is 0.579. The summed E-state index contributed by atoms with van der Waals surface area (Å²) in [4.78, 5) is 2.49. The van der Waals surface area contributed by atoms with E-state index in [9.17, 15) is 0 Å². The lowest BCUT2D eigenvalue weighted by molar-refractivity contribution is 0.222. The van der Waals surface area contributed by atoms with E-state index in [1.54, 1.807) is 5.57 Å². The fourth-order valence-corrected chi connectivity index (χ4v) is 3.85. The van der Waals surface area contributed by atoms with Crippen LogP contribution in [0.25, 0.3) is 0 Å². The molecule has 108 valence electrons. The fourth-order valence-electron chi connectivity index (χ4n) is 3.85. The van der Waals surface area contributed by atoms with Crippen molar-refractivity contribution in [2.24, 2.45) is 17.3 Å². The van der Waals surface area contributed by atoms with Crippen LogP contribution in [0.15, 0.2) is 23.9 Å². The molecule has 3 atom stereocenters. The molecule has 19 heavy (non-hydrogen) atoms. The molecule has 0 aliphatic heterocycles. The van der Waals surface area contributed by atoms with E-state index in [0.29, 0.717) is 11.5 Å². The minimum Gasteiger partial charge on any atom is -0.373 e. The normalized spacial score (nSPS) is 34.1. The highest BCUT2D eigenvalue weighted by Crippen LogP contribution is 2.61. The van der Waals surface area contributed by atoms with Gasteiger partial charge in [0.1, 0.15) is 0 Å². The van der Waals surface area contributed by atoms with Gasteiger partial charge in [-0.25, -0.2) is 0 Å². The maximum atomic E-state index is 4.14. The van der Waals surface area contributed by atoms with Gasteiger partial charge in [-0.1, -0.05) is 25.2 Å². The van der Waals surface area contributed by atoms with Crippen LogP contribution in [0.5, 0.6) is 0 Å². The second kappa shape index (κ2) is 5.34. The third-order valence-electron chi connectivity index (χ3n) is 5.56. The Morgan fingerprint density at radius 1 is 1.53 bits per heavy atom. The molecule has 1 nitrogen and oxygen atoms in total. The van der Waals surface area contributed by atoms with Crippen LogP contribution in [0.3, 0.4) is 0 Å². The van der Waals surface area contributed by atoms with Crippen molar-refractivity contribution < 1.29 is 0 Å².